The number of hydrogen-bond donors (Lipinski definition) is 2. The van der Waals surface area contributed by atoms with Gasteiger partial charge in [-0.15, -0.1) is 0 Å². The summed E-state index contributed by atoms with van der Waals surface area (Å²) in [6.07, 6.45) is 2.24. The van der Waals surface area contributed by atoms with Crippen LogP contribution in [0.2, 0.25) is 0 Å². The monoisotopic (exact) mass is 380 g/mol. The highest BCUT2D eigenvalue weighted by Gasteiger charge is 2.25. The highest BCUT2D eigenvalue weighted by Crippen LogP contribution is 2.19. The standard InChI is InChI=1S/C23H32N4O/c1-19-17-21(13-15-27(19)18-20-9-5-3-6-10-20)26-23(24-2)25-14-16-28-22-11-7-4-8-12-22/h3-12,19,21H,13-18H2,1-2H3,(H2,24,25,26). The molecule has 0 bridgehead atoms. The summed E-state index contributed by atoms with van der Waals surface area (Å²) in [5.41, 5.74) is 1.39. The summed E-state index contributed by atoms with van der Waals surface area (Å²) < 4.78 is 5.73. The van der Waals surface area contributed by atoms with E-state index in [1.165, 1.54) is 5.56 Å². The van der Waals surface area contributed by atoms with E-state index in [0.717, 1.165) is 44.2 Å². The number of aliphatic imine (C=N–C) groups is 1. The average Bonchev–Trinajstić information content (AvgIpc) is 2.73. The van der Waals surface area contributed by atoms with Crippen LogP contribution in [0.15, 0.2) is 65.7 Å². The first-order valence-electron chi connectivity index (χ1n) is 10.2. The zero-order valence-corrected chi connectivity index (χ0v) is 17.0. The third-order valence-electron chi connectivity index (χ3n) is 5.21. The minimum absolute atomic E-state index is 0.447. The van der Waals surface area contributed by atoms with Crippen molar-refractivity contribution in [1.29, 1.82) is 0 Å². The van der Waals surface area contributed by atoms with E-state index < -0.39 is 0 Å². The van der Waals surface area contributed by atoms with Gasteiger partial charge in [0.1, 0.15) is 12.4 Å². The van der Waals surface area contributed by atoms with Gasteiger partial charge in [0.25, 0.3) is 0 Å². The van der Waals surface area contributed by atoms with E-state index in [1.54, 1.807) is 0 Å². The number of nitrogens with one attached hydrogen (secondary N) is 2. The van der Waals surface area contributed by atoms with Gasteiger partial charge in [0.15, 0.2) is 5.96 Å². The Labute approximate surface area is 168 Å². The van der Waals surface area contributed by atoms with Crippen molar-refractivity contribution < 1.29 is 4.74 Å². The van der Waals surface area contributed by atoms with E-state index in [2.05, 4.69) is 57.8 Å². The normalized spacial score (nSPS) is 20.6. The largest absolute Gasteiger partial charge is 0.492 e. The number of para-hydroxylation sites is 1. The number of likely N-dealkylation sites (tertiary alicyclic amines) is 1. The van der Waals surface area contributed by atoms with Crippen molar-refractivity contribution in [3.8, 4) is 5.75 Å². The fourth-order valence-corrected chi connectivity index (χ4v) is 3.65. The van der Waals surface area contributed by atoms with Crippen molar-refractivity contribution >= 4 is 5.96 Å². The highest BCUT2D eigenvalue weighted by molar-refractivity contribution is 5.79. The maximum Gasteiger partial charge on any atom is 0.191 e. The lowest BCUT2D eigenvalue weighted by molar-refractivity contribution is 0.134. The Kier molecular flexibility index (Phi) is 7.73. The van der Waals surface area contributed by atoms with E-state index in [4.69, 9.17) is 4.74 Å². The van der Waals surface area contributed by atoms with Crippen molar-refractivity contribution in [2.75, 3.05) is 26.7 Å². The van der Waals surface area contributed by atoms with Crippen LogP contribution in [0, 0.1) is 0 Å². The van der Waals surface area contributed by atoms with Gasteiger partial charge in [-0.2, -0.15) is 0 Å². The van der Waals surface area contributed by atoms with E-state index in [9.17, 15) is 0 Å². The molecule has 3 rings (SSSR count). The van der Waals surface area contributed by atoms with Gasteiger partial charge in [0, 0.05) is 32.2 Å². The molecule has 1 aliphatic rings. The van der Waals surface area contributed by atoms with Gasteiger partial charge in [0.2, 0.25) is 0 Å². The molecule has 0 aromatic heterocycles. The molecule has 0 amide bonds. The minimum Gasteiger partial charge on any atom is -0.492 e. The Morgan fingerprint density at radius 2 is 1.82 bits per heavy atom. The van der Waals surface area contributed by atoms with Crippen molar-refractivity contribution in [3.05, 3.63) is 66.2 Å². The molecule has 0 spiro atoms. The highest BCUT2D eigenvalue weighted by atomic mass is 16.5. The van der Waals surface area contributed by atoms with Crippen LogP contribution < -0.4 is 15.4 Å². The topological polar surface area (TPSA) is 48.9 Å². The van der Waals surface area contributed by atoms with Gasteiger partial charge in [-0.05, 0) is 37.5 Å². The smallest absolute Gasteiger partial charge is 0.191 e. The lowest BCUT2D eigenvalue weighted by Crippen LogP contribution is -2.51. The first-order chi connectivity index (χ1) is 13.7. The number of guanidine groups is 1. The maximum atomic E-state index is 5.73. The third kappa shape index (κ3) is 6.27. The molecule has 0 radical (unpaired) electrons. The molecule has 0 saturated carbocycles. The first kappa shape index (κ1) is 20.2. The molecule has 2 atom stereocenters. The number of ether oxygens (including phenoxy) is 1. The second kappa shape index (κ2) is 10.7. The van der Waals surface area contributed by atoms with E-state index in [0.29, 0.717) is 18.7 Å². The molecule has 150 valence electrons. The molecule has 5 heteroatoms. The van der Waals surface area contributed by atoms with Crippen LogP contribution in [0.4, 0.5) is 0 Å². The predicted octanol–water partition coefficient (Wildman–Crippen LogP) is 3.28. The summed E-state index contributed by atoms with van der Waals surface area (Å²) in [6, 6.07) is 21.6. The quantitative estimate of drug-likeness (QED) is 0.440. The molecular weight excluding hydrogens is 348 g/mol. The fraction of sp³-hybridized carbons (Fsp3) is 0.435. The molecule has 2 N–H and O–H groups in total. The molecule has 1 aliphatic heterocycles. The van der Waals surface area contributed by atoms with Gasteiger partial charge in [0.05, 0.1) is 6.54 Å². The average molecular weight is 381 g/mol. The van der Waals surface area contributed by atoms with E-state index in [1.807, 2.05) is 37.4 Å². The second-order valence-electron chi connectivity index (χ2n) is 7.33. The Balaban J connectivity index is 1.38. The Morgan fingerprint density at radius 1 is 1.11 bits per heavy atom. The number of piperidine rings is 1. The molecule has 28 heavy (non-hydrogen) atoms. The maximum absolute atomic E-state index is 5.73. The van der Waals surface area contributed by atoms with Crippen LogP contribution in [-0.2, 0) is 6.54 Å². The molecule has 2 unspecified atom stereocenters. The summed E-state index contributed by atoms with van der Waals surface area (Å²) in [6.45, 7) is 5.77. The third-order valence-corrected chi connectivity index (χ3v) is 5.21. The Bertz CT molecular complexity index is 720. The van der Waals surface area contributed by atoms with Gasteiger partial charge in [-0.1, -0.05) is 48.5 Å². The number of hydrogen-bond acceptors (Lipinski definition) is 3. The Hall–Kier alpha value is -2.53. The van der Waals surface area contributed by atoms with Gasteiger partial charge < -0.3 is 15.4 Å². The van der Waals surface area contributed by atoms with Crippen LogP contribution in [0.3, 0.4) is 0 Å². The van der Waals surface area contributed by atoms with E-state index in [-0.39, 0.29) is 0 Å². The zero-order valence-electron chi connectivity index (χ0n) is 17.0. The summed E-state index contributed by atoms with van der Waals surface area (Å²) in [5, 5.41) is 6.93. The van der Waals surface area contributed by atoms with E-state index >= 15 is 0 Å². The van der Waals surface area contributed by atoms with Crippen LogP contribution in [0.25, 0.3) is 0 Å². The number of nitrogens with zero attached hydrogens (tertiary/aromatic N) is 2. The van der Waals surface area contributed by atoms with Crippen molar-refractivity contribution in [2.24, 2.45) is 4.99 Å². The SMILES string of the molecule is CN=C(NCCOc1ccccc1)NC1CCN(Cc2ccccc2)C(C)C1. The molecule has 5 nitrogen and oxygen atoms in total. The van der Waals surface area contributed by atoms with Crippen LogP contribution in [0.5, 0.6) is 5.75 Å². The fourth-order valence-electron chi connectivity index (χ4n) is 3.65. The first-order valence-corrected chi connectivity index (χ1v) is 10.2. The Morgan fingerprint density at radius 3 is 2.50 bits per heavy atom. The lowest BCUT2D eigenvalue weighted by Gasteiger charge is -2.38. The molecule has 1 fully saturated rings. The van der Waals surface area contributed by atoms with Crippen LogP contribution in [-0.4, -0.2) is 49.7 Å². The summed E-state index contributed by atoms with van der Waals surface area (Å²) in [4.78, 5) is 6.93. The molecule has 2 aromatic carbocycles. The zero-order chi connectivity index (χ0) is 19.6. The van der Waals surface area contributed by atoms with Crippen molar-refractivity contribution in [1.82, 2.24) is 15.5 Å². The number of rotatable bonds is 7. The molecule has 1 saturated heterocycles. The second-order valence-corrected chi connectivity index (χ2v) is 7.33. The number of benzene rings is 2. The summed E-state index contributed by atoms with van der Waals surface area (Å²) >= 11 is 0. The lowest BCUT2D eigenvalue weighted by atomic mass is 9.97. The van der Waals surface area contributed by atoms with Crippen LogP contribution >= 0.6 is 0 Å². The molecular formula is C23H32N4O. The van der Waals surface area contributed by atoms with Crippen molar-refractivity contribution in [2.45, 2.75) is 38.4 Å². The van der Waals surface area contributed by atoms with Gasteiger partial charge in [-0.3, -0.25) is 9.89 Å². The molecule has 2 aromatic rings. The van der Waals surface area contributed by atoms with Gasteiger partial charge in [-0.25, -0.2) is 0 Å². The van der Waals surface area contributed by atoms with Crippen molar-refractivity contribution in [3.63, 3.8) is 0 Å². The van der Waals surface area contributed by atoms with Gasteiger partial charge >= 0.3 is 0 Å². The summed E-state index contributed by atoms with van der Waals surface area (Å²) in [5.74, 6) is 1.75. The molecule has 1 heterocycles. The van der Waals surface area contributed by atoms with Crippen LogP contribution in [0.1, 0.15) is 25.3 Å². The summed E-state index contributed by atoms with van der Waals surface area (Å²) in [7, 11) is 1.82. The molecule has 0 aliphatic carbocycles. The predicted molar refractivity (Wildman–Crippen MR) is 116 cm³/mol. The minimum atomic E-state index is 0.447.